The SMILES string of the molecule is COc1cccc2cc(/C(C)=N/O)oc12. The lowest BCUT2D eigenvalue weighted by Gasteiger charge is -1.98. The Morgan fingerprint density at radius 1 is 1.47 bits per heavy atom. The molecule has 2 rings (SSSR count). The topological polar surface area (TPSA) is 55.0 Å². The molecular weight excluding hydrogens is 194 g/mol. The van der Waals surface area contributed by atoms with Crippen molar-refractivity contribution in [1.82, 2.24) is 0 Å². The third-order valence-corrected chi connectivity index (χ3v) is 2.23. The van der Waals surface area contributed by atoms with Gasteiger partial charge in [0.1, 0.15) is 5.71 Å². The van der Waals surface area contributed by atoms with Gasteiger partial charge in [-0.05, 0) is 19.1 Å². The van der Waals surface area contributed by atoms with Crippen LogP contribution in [0.15, 0.2) is 33.8 Å². The summed E-state index contributed by atoms with van der Waals surface area (Å²) < 4.78 is 10.7. The zero-order valence-corrected chi connectivity index (χ0v) is 8.52. The Morgan fingerprint density at radius 3 is 2.93 bits per heavy atom. The summed E-state index contributed by atoms with van der Waals surface area (Å²) in [7, 11) is 1.59. The van der Waals surface area contributed by atoms with E-state index in [0.717, 1.165) is 5.39 Å². The Balaban J connectivity index is 2.65. The summed E-state index contributed by atoms with van der Waals surface area (Å²) in [5.41, 5.74) is 1.10. The molecule has 0 atom stereocenters. The molecule has 0 aliphatic carbocycles. The van der Waals surface area contributed by atoms with Crippen LogP contribution in [0.4, 0.5) is 0 Å². The molecule has 1 aromatic heterocycles. The Bertz CT molecular complexity index is 514. The monoisotopic (exact) mass is 205 g/mol. The van der Waals surface area contributed by atoms with Crippen LogP contribution in [0, 0.1) is 0 Å². The Morgan fingerprint density at radius 2 is 2.27 bits per heavy atom. The van der Waals surface area contributed by atoms with Crippen molar-refractivity contribution in [2.24, 2.45) is 5.16 Å². The van der Waals surface area contributed by atoms with E-state index < -0.39 is 0 Å². The van der Waals surface area contributed by atoms with Crippen molar-refractivity contribution in [3.8, 4) is 5.75 Å². The van der Waals surface area contributed by atoms with Gasteiger partial charge in [-0.2, -0.15) is 0 Å². The van der Waals surface area contributed by atoms with Crippen LogP contribution >= 0.6 is 0 Å². The van der Waals surface area contributed by atoms with Gasteiger partial charge in [0.25, 0.3) is 0 Å². The molecule has 1 aromatic carbocycles. The smallest absolute Gasteiger partial charge is 0.176 e. The number of methoxy groups -OCH3 is 1. The highest BCUT2D eigenvalue weighted by Gasteiger charge is 2.10. The fourth-order valence-corrected chi connectivity index (χ4v) is 1.42. The molecule has 2 aromatic rings. The second kappa shape index (κ2) is 3.65. The van der Waals surface area contributed by atoms with Crippen LogP contribution in [-0.2, 0) is 0 Å². The van der Waals surface area contributed by atoms with Crippen molar-refractivity contribution in [3.05, 3.63) is 30.0 Å². The third-order valence-electron chi connectivity index (χ3n) is 2.23. The summed E-state index contributed by atoms with van der Waals surface area (Å²) in [4.78, 5) is 0. The quantitative estimate of drug-likeness (QED) is 0.466. The molecule has 0 radical (unpaired) electrons. The van der Waals surface area contributed by atoms with E-state index in [9.17, 15) is 0 Å². The van der Waals surface area contributed by atoms with Crippen LogP contribution in [-0.4, -0.2) is 18.0 Å². The largest absolute Gasteiger partial charge is 0.493 e. The minimum Gasteiger partial charge on any atom is -0.493 e. The van der Waals surface area contributed by atoms with Crippen molar-refractivity contribution in [3.63, 3.8) is 0 Å². The van der Waals surface area contributed by atoms with E-state index in [4.69, 9.17) is 14.4 Å². The average Bonchev–Trinajstić information content (AvgIpc) is 2.71. The average molecular weight is 205 g/mol. The van der Waals surface area contributed by atoms with E-state index in [1.54, 1.807) is 14.0 Å². The molecule has 1 heterocycles. The van der Waals surface area contributed by atoms with Crippen LogP contribution in [0.2, 0.25) is 0 Å². The van der Waals surface area contributed by atoms with Gasteiger partial charge in [0, 0.05) is 5.39 Å². The summed E-state index contributed by atoms with van der Waals surface area (Å²) in [6.45, 7) is 1.67. The van der Waals surface area contributed by atoms with Gasteiger partial charge < -0.3 is 14.4 Å². The molecule has 1 N–H and O–H groups in total. The third kappa shape index (κ3) is 1.54. The molecule has 0 saturated carbocycles. The number of fused-ring (bicyclic) bond motifs is 1. The van der Waals surface area contributed by atoms with Crippen molar-refractivity contribution in [2.75, 3.05) is 7.11 Å². The summed E-state index contributed by atoms with van der Waals surface area (Å²) >= 11 is 0. The fraction of sp³-hybridized carbons (Fsp3) is 0.182. The van der Waals surface area contributed by atoms with Crippen LogP contribution in [0.5, 0.6) is 5.75 Å². The summed E-state index contributed by atoms with van der Waals surface area (Å²) in [5.74, 6) is 1.21. The van der Waals surface area contributed by atoms with E-state index in [1.807, 2.05) is 24.3 Å². The van der Waals surface area contributed by atoms with Gasteiger partial charge in [-0.25, -0.2) is 0 Å². The van der Waals surface area contributed by atoms with Crippen molar-refractivity contribution >= 4 is 16.7 Å². The molecule has 0 aliphatic heterocycles. The molecule has 4 nitrogen and oxygen atoms in total. The van der Waals surface area contributed by atoms with Gasteiger partial charge in [-0.15, -0.1) is 0 Å². The van der Waals surface area contributed by atoms with Crippen molar-refractivity contribution in [2.45, 2.75) is 6.92 Å². The van der Waals surface area contributed by atoms with E-state index in [2.05, 4.69) is 5.16 Å². The minimum atomic E-state index is 0.438. The maximum absolute atomic E-state index is 8.64. The van der Waals surface area contributed by atoms with Gasteiger partial charge in [0.15, 0.2) is 17.1 Å². The highest BCUT2D eigenvalue weighted by atomic mass is 16.5. The first-order chi connectivity index (χ1) is 7.26. The second-order valence-electron chi connectivity index (χ2n) is 3.17. The Hall–Kier alpha value is -1.97. The number of benzene rings is 1. The van der Waals surface area contributed by atoms with Gasteiger partial charge in [0.05, 0.1) is 7.11 Å². The lowest BCUT2D eigenvalue weighted by Crippen LogP contribution is -1.89. The number of oxime groups is 1. The molecule has 0 unspecified atom stereocenters. The minimum absolute atomic E-state index is 0.438. The first-order valence-corrected chi connectivity index (χ1v) is 4.52. The summed E-state index contributed by atoms with van der Waals surface area (Å²) in [6.07, 6.45) is 0. The predicted octanol–water partition coefficient (Wildman–Crippen LogP) is 2.64. The number of hydrogen-bond acceptors (Lipinski definition) is 4. The normalized spacial score (nSPS) is 12.0. The lowest BCUT2D eigenvalue weighted by atomic mass is 10.2. The zero-order chi connectivity index (χ0) is 10.8. The highest BCUT2D eigenvalue weighted by molar-refractivity contribution is 6.00. The molecule has 78 valence electrons. The molecule has 0 saturated heterocycles. The maximum atomic E-state index is 8.64. The van der Waals surface area contributed by atoms with Crippen LogP contribution in [0.1, 0.15) is 12.7 Å². The molecule has 0 bridgehead atoms. The van der Waals surface area contributed by atoms with E-state index in [0.29, 0.717) is 22.8 Å². The van der Waals surface area contributed by atoms with E-state index >= 15 is 0 Å². The second-order valence-corrected chi connectivity index (χ2v) is 3.17. The highest BCUT2D eigenvalue weighted by Crippen LogP contribution is 2.28. The van der Waals surface area contributed by atoms with Gasteiger partial charge in [-0.1, -0.05) is 17.3 Å². The number of nitrogens with zero attached hydrogens (tertiary/aromatic N) is 1. The number of rotatable bonds is 2. The lowest BCUT2D eigenvalue weighted by molar-refractivity contribution is 0.318. The Labute approximate surface area is 86.8 Å². The van der Waals surface area contributed by atoms with Crippen LogP contribution in [0.3, 0.4) is 0 Å². The molecule has 0 fully saturated rings. The predicted molar refractivity (Wildman–Crippen MR) is 56.8 cm³/mol. The van der Waals surface area contributed by atoms with Gasteiger partial charge in [-0.3, -0.25) is 0 Å². The fourth-order valence-electron chi connectivity index (χ4n) is 1.42. The number of ether oxygens (including phenoxy) is 1. The number of furan rings is 1. The van der Waals surface area contributed by atoms with Crippen LogP contribution < -0.4 is 4.74 Å². The zero-order valence-electron chi connectivity index (χ0n) is 8.52. The van der Waals surface area contributed by atoms with Gasteiger partial charge in [0.2, 0.25) is 0 Å². The molecule has 0 amide bonds. The number of para-hydroxylation sites is 1. The van der Waals surface area contributed by atoms with E-state index in [-0.39, 0.29) is 0 Å². The maximum Gasteiger partial charge on any atom is 0.176 e. The standard InChI is InChI=1S/C11H11NO3/c1-7(12-13)10-6-8-4-3-5-9(14-2)11(8)15-10/h3-6,13H,1-2H3/b12-7+. The first-order valence-electron chi connectivity index (χ1n) is 4.52. The molecule has 4 heteroatoms. The first kappa shape index (κ1) is 9.58. The molecular formula is C11H11NO3. The molecule has 0 spiro atoms. The van der Waals surface area contributed by atoms with E-state index in [1.165, 1.54) is 0 Å². The summed E-state index contributed by atoms with van der Waals surface area (Å²) in [6, 6.07) is 7.43. The summed E-state index contributed by atoms with van der Waals surface area (Å²) in [5, 5.41) is 12.7. The van der Waals surface area contributed by atoms with Gasteiger partial charge >= 0.3 is 0 Å². The molecule has 0 aliphatic rings. The number of hydrogen-bond donors (Lipinski definition) is 1. The van der Waals surface area contributed by atoms with Crippen molar-refractivity contribution in [1.29, 1.82) is 0 Å². The van der Waals surface area contributed by atoms with Crippen LogP contribution in [0.25, 0.3) is 11.0 Å². The van der Waals surface area contributed by atoms with Crippen molar-refractivity contribution < 1.29 is 14.4 Å². The Kier molecular flexibility index (Phi) is 2.33. The molecule has 15 heavy (non-hydrogen) atoms.